The molecule has 2 amide bonds. The molecular formula is C32H29N3O6S2. The third-order valence-corrected chi connectivity index (χ3v) is 10.4. The molecule has 220 valence electrons. The van der Waals surface area contributed by atoms with Crippen molar-refractivity contribution in [3.05, 3.63) is 87.8 Å². The summed E-state index contributed by atoms with van der Waals surface area (Å²) >= 11 is 1.30. The SMILES string of the molecule is Cc1cc(-c2cccc(-c3csc(NC(=O)[C@@H]4CCN4C(=O)c4ccc5c(c4)S(=O)(=O)CCOC5)n3)c2)cc(C)c1C=O. The van der Waals surface area contributed by atoms with E-state index < -0.39 is 21.8 Å². The van der Waals surface area contributed by atoms with Gasteiger partial charge in [-0.15, -0.1) is 11.3 Å². The molecular weight excluding hydrogens is 587 g/mol. The van der Waals surface area contributed by atoms with Gasteiger partial charge in [0.25, 0.3) is 5.91 Å². The van der Waals surface area contributed by atoms with Crippen molar-refractivity contribution in [1.29, 1.82) is 0 Å². The molecule has 1 N–H and O–H groups in total. The van der Waals surface area contributed by atoms with E-state index in [4.69, 9.17) is 4.74 Å². The summed E-state index contributed by atoms with van der Waals surface area (Å²) in [5, 5.41) is 5.13. The first-order valence-corrected chi connectivity index (χ1v) is 16.4. The van der Waals surface area contributed by atoms with E-state index in [9.17, 15) is 22.8 Å². The number of carbonyl (C=O) groups is 3. The number of likely N-dealkylation sites (tertiary alicyclic amines) is 1. The van der Waals surface area contributed by atoms with Crippen LogP contribution in [0.3, 0.4) is 0 Å². The number of hydrogen-bond acceptors (Lipinski definition) is 8. The van der Waals surface area contributed by atoms with Crippen molar-refractivity contribution >= 4 is 44.4 Å². The van der Waals surface area contributed by atoms with Crippen LogP contribution in [0, 0.1) is 13.8 Å². The molecule has 2 aliphatic heterocycles. The maximum absolute atomic E-state index is 13.3. The van der Waals surface area contributed by atoms with Crippen molar-refractivity contribution in [2.45, 2.75) is 37.8 Å². The minimum Gasteiger partial charge on any atom is -0.376 e. The van der Waals surface area contributed by atoms with Gasteiger partial charge in [0, 0.05) is 28.6 Å². The number of anilines is 1. The lowest BCUT2D eigenvalue weighted by Gasteiger charge is -2.39. The Balaban J connectivity index is 1.16. The monoisotopic (exact) mass is 615 g/mol. The first-order chi connectivity index (χ1) is 20.6. The molecule has 0 saturated carbocycles. The van der Waals surface area contributed by atoms with E-state index in [1.54, 1.807) is 12.1 Å². The van der Waals surface area contributed by atoms with Gasteiger partial charge < -0.3 is 15.0 Å². The molecule has 1 fully saturated rings. The number of aromatic nitrogens is 1. The summed E-state index contributed by atoms with van der Waals surface area (Å²) in [6.07, 6.45) is 1.38. The number of aryl methyl sites for hydroxylation is 2. The summed E-state index contributed by atoms with van der Waals surface area (Å²) in [6, 6.07) is 15.8. The standard InChI is InChI=1S/C32H29N3O6S2/c1-19-12-25(13-20(2)26(19)16-36)21-4-3-5-22(14-21)27-18-42-32(33-27)34-30(37)28-8-9-35(28)31(38)23-6-7-24-17-41-10-11-43(39,40)29(24)15-23/h3-7,12-16,18,28H,8-11,17H2,1-2H3,(H,33,34,37)/t28-/m0/s1. The van der Waals surface area contributed by atoms with Crippen LogP contribution in [0.1, 0.15) is 43.8 Å². The maximum atomic E-state index is 13.3. The van der Waals surface area contributed by atoms with E-state index in [2.05, 4.69) is 10.3 Å². The van der Waals surface area contributed by atoms with Crippen LogP contribution >= 0.6 is 11.3 Å². The largest absolute Gasteiger partial charge is 0.376 e. The topological polar surface area (TPSA) is 123 Å². The molecule has 0 spiro atoms. The van der Waals surface area contributed by atoms with Gasteiger partial charge in [0.15, 0.2) is 21.3 Å². The highest BCUT2D eigenvalue weighted by molar-refractivity contribution is 7.91. The van der Waals surface area contributed by atoms with Gasteiger partial charge in [0.1, 0.15) is 6.04 Å². The zero-order chi connectivity index (χ0) is 30.3. The first kappa shape index (κ1) is 28.9. The van der Waals surface area contributed by atoms with Crippen LogP contribution in [-0.4, -0.2) is 61.3 Å². The number of amides is 2. The number of rotatable bonds is 6. The number of ether oxygens (including phenoxy) is 1. The van der Waals surface area contributed by atoms with Crippen molar-refractivity contribution in [3.63, 3.8) is 0 Å². The number of fused-ring (bicyclic) bond motifs is 1. The number of nitrogens with one attached hydrogen (secondary N) is 1. The number of carbonyl (C=O) groups excluding carboxylic acids is 3. The zero-order valence-corrected chi connectivity index (χ0v) is 25.3. The van der Waals surface area contributed by atoms with E-state index in [1.807, 2.05) is 55.6 Å². The van der Waals surface area contributed by atoms with Crippen molar-refractivity contribution in [3.8, 4) is 22.4 Å². The Morgan fingerprint density at radius 1 is 1.05 bits per heavy atom. The average Bonchev–Trinajstić information content (AvgIpc) is 3.36. The normalized spacial score (nSPS) is 17.3. The molecule has 2 aliphatic rings. The summed E-state index contributed by atoms with van der Waals surface area (Å²) in [5.41, 5.74) is 6.86. The number of sulfone groups is 1. The smallest absolute Gasteiger partial charge is 0.254 e. The average molecular weight is 616 g/mol. The Labute approximate surface area is 253 Å². The van der Waals surface area contributed by atoms with E-state index in [1.165, 1.54) is 22.3 Å². The molecule has 0 radical (unpaired) electrons. The molecule has 0 aliphatic carbocycles. The number of aldehydes is 1. The van der Waals surface area contributed by atoms with Crippen LogP contribution in [0.2, 0.25) is 0 Å². The summed E-state index contributed by atoms with van der Waals surface area (Å²) < 4.78 is 30.7. The molecule has 1 saturated heterocycles. The van der Waals surface area contributed by atoms with Crippen LogP contribution in [0.4, 0.5) is 5.13 Å². The molecule has 1 aromatic heterocycles. The van der Waals surface area contributed by atoms with Gasteiger partial charge in [0.05, 0.1) is 29.6 Å². The summed E-state index contributed by atoms with van der Waals surface area (Å²) in [6.45, 7) is 4.51. The third-order valence-electron chi connectivity index (χ3n) is 7.92. The highest BCUT2D eigenvalue weighted by Gasteiger charge is 2.39. The number of hydrogen-bond donors (Lipinski definition) is 1. The van der Waals surface area contributed by atoms with E-state index >= 15 is 0 Å². The van der Waals surface area contributed by atoms with Crippen LogP contribution in [0.25, 0.3) is 22.4 Å². The van der Waals surface area contributed by atoms with Gasteiger partial charge in [-0.3, -0.25) is 14.4 Å². The predicted molar refractivity (Wildman–Crippen MR) is 164 cm³/mol. The third kappa shape index (κ3) is 5.63. The van der Waals surface area contributed by atoms with Crippen LogP contribution in [0.5, 0.6) is 0 Å². The van der Waals surface area contributed by atoms with Crippen LogP contribution < -0.4 is 5.32 Å². The first-order valence-electron chi connectivity index (χ1n) is 13.8. The van der Waals surface area contributed by atoms with Gasteiger partial charge in [-0.25, -0.2) is 13.4 Å². The second kappa shape index (κ2) is 11.5. The van der Waals surface area contributed by atoms with Crippen LogP contribution in [0.15, 0.2) is 64.9 Å². The van der Waals surface area contributed by atoms with Gasteiger partial charge in [-0.2, -0.15) is 0 Å². The molecule has 3 aromatic carbocycles. The zero-order valence-electron chi connectivity index (χ0n) is 23.6. The van der Waals surface area contributed by atoms with E-state index in [-0.39, 0.29) is 35.3 Å². The fourth-order valence-electron chi connectivity index (χ4n) is 5.46. The van der Waals surface area contributed by atoms with Gasteiger partial charge in [0.2, 0.25) is 5.91 Å². The van der Waals surface area contributed by atoms with Crippen molar-refractivity contribution in [1.82, 2.24) is 9.88 Å². The van der Waals surface area contributed by atoms with E-state index in [0.717, 1.165) is 34.1 Å². The van der Waals surface area contributed by atoms with Crippen molar-refractivity contribution < 1.29 is 27.5 Å². The van der Waals surface area contributed by atoms with Crippen molar-refractivity contribution in [2.24, 2.45) is 0 Å². The molecule has 6 rings (SSSR count). The lowest BCUT2D eigenvalue weighted by Crippen LogP contribution is -2.56. The Hall–Kier alpha value is -4.19. The summed E-state index contributed by atoms with van der Waals surface area (Å²) in [7, 11) is -3.56. The molecule has 9 nitrogen and oxygen atoms in total. The fraction of sp³-hybridized carbons (Fsp3) is 0.250. The number of thiazole rings is 1. The Morgan fingerprint density at radius 2 is 1.81 bits per heavy atom. The second-order valence-corrected chi connectivity index (χ2v) is 13.7. The second-order valence-electron chi connectivity index (χ2n) is 10.7. The number of nitrogens with zero attached hydrogens (tertiary/aromatic N) is 2. The Bertz CT molecular complexity index is 1860. The highest BCUT2D eigenvalue weighted by Crippen LogP contribution is 2.32. The molecule has 4 aromatic rings. The number of benzene rings is 3. The Morgan fingerprint density at radius 3 is 2.53 bits per heavy atom. The lowest BCUT2D eigenvalue weighted by atomic mass is 9.95. The Kier molecular flexibility index (Phi) is 7.72. The molecule has 11 heteroatoms. The van der Waals surface area contributed by atoms with Gasteiger partial charge >= 0.3 is 0 Å². The molecule has 0 unspecified atom stereocenters. The lowest BCUT2D eigenvalue weighted by molar-refractivity contribution is -0.123. The summed E-state index contributed by atoms with van der Waals surface area (Å²) in [5.74, 6) is -0.871. The minimum atomic E-state index is -3.56. The highest BCUT2D eigenvalue weighted by atomic mass is 32.2. The van der Waals surface area contributed by atoms with Crippen molar-refractivity contribution in [2.75, 3.05) is 24.2 Å². The minimum absolute atomic E-state index is 0.105. The maximum Gasteiger partial charge on any atom is 0.254 e. The summed E-state index contributed by atoms with van der Waals surface area (Å²) in [4.78, 5) is 44.0. The molecule has 3 heterocycles. The molecule has 43 heavy (non-hydrogen) atoms. The molecule has 0 bridgehead atoms. The molecule has 1 atom stereocenters. The van der Waals surface area contributed by atoms with Gasteiger partial charge in [-0.05, 0) is 66.3 Å². The quantitative estimate of drug-likeness (QED) is 0.301. The fourth-order valence-corrected chi connectivity index (χ4v) is 7.58. The van der Waals surface area contributed by atoms with Crippen LogP contribution in [-0.2, 0) is 26.0 Å². The van der Waals surface area contributed by atoms with E-state index in [0.29, 0.717) is 34.9 Å². The van der Waals surface area contributed by atoms with Gasteiger partial charge in [-0.1, -0.05) is 36.4 Å². The predicted octanol–water partition coefficient (Wildman–Crippen LogP) is 5.06.